The summed E-state index contributed by atoms with van der Waals surface area (Å²) >= 11 is 0. The van der Waals surface area contributed by atoms with Crippen LogP contribution in [0, 0.1) is 5.41 Å². The van der Waals surface area contributed by atoms with E-state index in [0.717, 1.165) is 94.4 Å². The van der Waals surface area contributed by atoms with Crippen molar-refractivity contribution < 1.29 is 0 Å². The first kappa shape index (κ1) is 37.8. The number of hydrogen-bond donors (Lipinski definition) is 2. The summed E-state index contributed by atoms with van der Waals surface area (Å²) in [5.41, 5.74) is 13.9. The molecule has 12 rings (SSSR count). The molecule has 0 spiro atoms. The lowest BCUT2D eigenvalue weighted by atomic mass is 10.0. The number of fused-ring (bicyclic) bond motifs is 6. The fourth-order valence-corrected chi connectivity index (χ4v) is 9.27. The predicted molar refractivity (Wildman–Crippen MR) is 268 cm³/mol. The zero-order valence-electron chi connectivity index (χ0n) is 35.1. The highest BCUT2D eigenvalue weighted by Gasteiger charge is 2.19. The van der Waals surface area contributed by atoms with E-state index in [4.69, 9.17) is 20.4 Å². The van der Waals surface area contributed by atoms with E-state index < -0.39 is 0 Å². The van der Waals surface area contributed by atoms with Gasteiger partial charge in [0.25, 0.3) is 0 Å². The second kappa shape index (κ2) is 15.8. The monoisotopic (exact) mass is 833 g/mol. The van der Waals surface area contributed by atoms with Crippen molar-refractivity contribution in [2.45, 2.75) is 0 Å². The Morgan fingerprint density at radius 1 is 0.369 bits per heavy atom. The highest BCUT2D eigenvalue weighted by atomic mass is 15.0. The predicted octanol–water partition coefficient (Wildman–Crippen LogP) is 14.5. The van der Waals surface area contributed by atoms with E-state index >= 15 is 0 Å². The number of rotatable bonds is 9. The van der Waals surface area contributed by atoms with Gasteiger partial charge < -0.3 is 19.9 Å². The molecule has 0 aliphatic rings. The van der Waals surface area contributed by atoms with Gasteiger partial charge in [0.15, 0.2) is 17.5 Å². The van der Waals surface area contributed by atoms with Crippen LogP contribution in [0.25, 0.3) is 100 Å². The van der Waals surface area contributed by atoms with Crippen LogP contribution in [-0.2, 0) is 0 Å². The molecule has 3 aromatic heterocycles. The maximum absolute atomic E-state index is 8.77. The normalized spacial score (nSPS) is 11.4. The smallest absolute Gasteiger partial charge is 0.164 e. The zero-order valence-corrected chi connectivity index (χ0v) is 35.1. The Bertz CT molecular complexity index is 3700. The minimum absolute atomic E-state index is 0.616. The number of nitrogens with zero attached hydrogens (tertiary/aromatic N) is 5. The van der Waals surface area contributed by atoms with Crippen molar-refractivity contribution in [3.8, 4) is 56.7 Å². The lowest BCUT2D eigenvalue weighted by molar-refractivity contribution is 1.07. The lowest BCUT2D eigenvalue weighted by Crippen LogP contribution is -2.01. The molecule has 0 saturated carbocycles. The van der Waals surface area contributed by atoms with Crippen LogP contribution >= 0.6 is 0 Å². The number of nitrogens with one attached hydrogen (secondary N) is 2. The maximum Gasteiger partial charge on any atom is 0.164 e. The second-order valence-electron chi connectivity index (χ2n) is 16.1. The average molecular weight is 834 g/mol. The first-order valence-corrected chi connectivity index (χ1v) is 21.7. The number of anilines is 2. The largest absolute Gasteiger partial charge is 0.355 e. The average Bonchev–Trinajstić information content (AvgIpc) is 3.89. The van der Waals surface area contributed by atoms with Crippen LogP contribution in [0.2, 0.25) is 0 Å². The van der Waals surface area contributed by atoms with Crippen LogP contribution in [0.15, 0.2) is 218 Å². The molecule has 7 heteroatoms. The van der Waals surface area contributed by atoms with Crippen LogP contribution in [-0.4, -0.2) is 30.3 Å². The van der Waals surface area contributed by atoms with Gasteiger partial charge in [-0.1, -0.05) is 158 Å². The minimum Gasteiger partial charge on any atom is -0.355 e. The number of hydrogen-bond acceptors (Lipinski definition) is 5. The first-order chi connectivity index (χ1) is 32.2. The Kier molecular flexibility index (Phi) is 9.16. The SMILES string of the molecule is N=Cc1c(Nc2ccc3c4ccccc4n(-c4cccc(-c5cccc(-c6nc(-c7ccccc7)nc(-c7ccccc7)n6)c5)c4)c3c2)ccc2c3ccccc3n(-c3ccccc3)c12. The van der Waals surface area contributed by atoms with Gasteiger partial charge >= 0.3 is 0 Å². The van der Waals surface area contributed by atoms with Crippen molar-refractivity contribution in [2.75, 3.05) is 5.32 Å². The molecular formula is C58H39N7. The molecule has 7 nitrogen and oxygen atoms in total. The molecule has 2 N–H and O–H groups in total. The molecular weight excluding hydrogens is 795 g/mol. The summed E-state index contributed by atoms with van der Waals surface area (Å²) in [7, 11) is 0. The van der Waals surface area contributed by atoms with Gasteiger partial charge in [0.2, 0.25) is 0 Å². The molecule has 0 aliphatic heterocycles. The minimum atomic E-state index is 0.616. The van der Waals surface area contributed by atoms with E-state index in [2.05, 4.69) is 166 Å². The van der Waals surface area contributed by atoms with Gasteiger partial charge in [-0.15, -0.1) is 0 Å². The molecule has 9 aromatic carbocycles. The third kappa shape index (κ3) is 6.62. The molecule has 0 radical (unpaired) electrons. The summed E-state index contributed by atoms with van der Waals surface area (Å²) in [5, 5.41) is 17.1. The summed E-state index contributed by atoms with van der Waals surface area (Å²) in [6.07, 6.45) is 1.48. The van der Waals surface area contributed by atoms with Crippen molar-refractivity contribution in [3.63, 3.8) is 0 Å². The number of para-hydroxylation sites is 3. The molecule has 0 aliphatic carbocycles. The van der Waals surface area contributed by atoms with Gasteiger partial charge in [0.1, 0.15) is 0 Å². The van der Waals surface area contributed by atoms with Crippen LogP contribution in [0.4, 0.5) is 11.4 Å². The highest BCUT2D eigenvalue weighted by Crippen LogP contribution is 2.39. The summed E-state index contributed by atoms with van der Waals surface area (Å²) in [6.45, 7) is 0. The Morgan fingerprint density at radius 3 is 1.54 bits per heavy atom. The molecule has 65 heavy (non-hydrogen) atoms. The van der Waals surface area contributed by atoms with Gasteiger partial charge in [-0.05, 0) is 71.8 Å². The van der Waals surface area contributed by atoms with Crippen LogP contribution in [0.3, 0.4) is 0 Å². The van der Waals surface area contributed by atoms with Crippen LogP contribution in [0.5, 0.6) is 0 Å². The van der Waals surface area contributed by atoms with Gasteiger partial charge in [-0.2, -0.15) is 0 Å². The topological polar surface area (TPSA) is 84.4 Å². The molecule has 0 unspecified atom stereocenters. The third-order valence-corrected chi connectivity index (χ3v) is 12.2. The third-order valence-electron chi connectivity index (χ3n) is 12.2. The van der Waals surface area contributed by atoms with Gasteiger partial charge in [-0.25, -0.2) is 15.0 Å². The number of aromatic nitrogens is 5. The Morgan fingerprint density at radius 2 is 0.862 bits per heavy atom. The lowest BCUT2D eigenvalue weighted by Gasteiger charge is -2.15. The molecule has 306 valence electrons. The summed E-state index contributed by atoms with van der Waals surface area (Å²) in [6, 6.07) is 75.6. The van der Waals surface area contributed by atoms with Crippen LogP contribution < -0.4 is 5.32 Å². The van der Waals surface area contributed by atoms with Gasteiger partial charge in [0.05, 0.1) is 22.1 Å². The highest BCUT2D eigenvalue weighted by molar-refractivity contribution is 6.16. The number of benzene rings is 9. The molecule has 0 amide bonds. The maximum atomic E-state index is 8.77. The molecule has 0 atom stereocenters. The van der Waals surface area contributed by atoms with E-state index in [1.165, 1.54) is 11.6 Å². The van der Waals surface area contributed by atoms with E-state index in [0.29, 0.717) is 17.5 Å². The fraction of sp³-hybridized carbons (Fsp3) is 0. The second-order valence-corrected chi connectivity index (χ2v) is 16.1. The molecule has 0 saturated heterocycles. The summed E-state index contributed by atoms with van der Waals surface area (Å²) in [5.74, 6) is 1.88. The van der Waals surface area contributed by atoms with E-state index in [1.54, 1.807) is 0 Å². The molecule has 12 aromatic rings. The summed E-state index contributed by atoms with van der Waals surface area (Å²) in [4.78, 5) is 14.9. The molecule has 3 heterocycles. The van der Waals surface area contributed by atoms with Crippen molar-refractivity contribution >= 4 is 61.2 Å². The van der Waals surface area contributed by atoms with E-state index in [1.807, 2.05) is 66.7 Å². The Balaban J connectivity index is 0.953. The van der Waals surface area contributed by atoms with Crippen molar-refractivity contribution in [1.29, 1.82) is 5.41 Å². The molecule has 0 bridgehead atoms. The Labute approximate surface area is 375 Å². The van der Waals surface area contributed by atoms with Crippen molar-refractivity contribution in [3.05, 3.63) is 224 Å². The van der Waals surface area contributed by atoms with Crippen molar-refractivity contribution in [1.82, 2.24) is 24.1 Å². The van der Waals surface area contributed by atoms with E-state index in [9.17, 15) is 0 Å². The Hall–Kier alpha value is -8.94. The van der Waals surface area contributed by atoms with Crippen LogP contribution in [0.1, 0.15) is 5.56 Å². The summed E-state index contributed by atoms with van der Waals surface area (Å²) < 4.78 is 4.62. The fourth-order valence-electron chi connectivity index (χ4n) is 9.27. The van der Waals surface area contributed by atoms with E-state index in [-0.39, 0.29) is 0 Å². The standard InChI is InChI=1S/C58H39N7/c59-37-50-51(33-32-49-47-27-11-13-29-53(47)65(55(49)50)44-23-8-3-9-24-44)60-43-30-31-48-46-26-10-12-28-52(46)64(54(48)36-43)45-25-15-21-41(35-45)40-20-14-22-42(34-40)58-62-56(38-16-4-1-5-17-38)61-57(63-58)39-18-6-2-7-19-39/h1-37,59-60H. The first-order valence-electron chi connectivity index (χ1n) is 21.7. The van der Waals surface area contributed by atoms with Gasteiger partial charge in [-0.3, -0.25) is 0 Å². The molecule has 0 fully saturated rings. The quantitative estimate of drug-likeness (QED) is 0.142. The van der Waals surface area contributed by atoms with Gasteiger partial charge in [0, 0.05) is 72.8 Å². The van der Waals surface area contributed by atoms with Crippen molar-refractivity contribution in [2.24, 2.45) is 0 Å². The zero-order chi connectivity index (χ0) is 43.3.